The second kappa shape index (κ2) is 5.48. The molecule has 0 radical (unpaired) electrons. The first-order valence-electron chi connectivity index (χ1n) is 7.53. The molecule has 1 aliphatic rings. The van der Waals surface area contributed by atoms with Crippen LogP contribution in [0.5, 0.6) is 0 Å². The average Bonchev–Trinajstić information content (AvgIpc) is 2.89. The molecule has 0 spiro atoms. The maximum atomic E-state index is 12.2. The van der Waals surface area contributed by atoms with Crippen LogP contribution in [0.2, 0.25) is 0 Å². The lowest BCUT2D eigenvalue weighted by Gasteiger charge is -2.30. The van der Waals surface area contributed by atoms with E-state index < -0.39 is 5.60 Å². The molecule has 3 rings (SSSR count). The molecule has 0 bridgehead atoms. The van der Waals surface area contributed by atoms with Gasteiger partial charge in [0.05, 0.1) is 24.1 Å². The summed E-state index contributed by atoms with van der Waals surface area (Å²) in [6.45, 7) is 6.85. The van der Waals surface area contributed by atoms with Gasteiger partial charge in [-0.25, -0.2) is 9.48 Å². The fourth-order valence-electron chi connectivity index (χ4n) is 2.61. The largest absolute Gasteiger partial charge is 0.444 e. The molecule has 5 nitrogen and oxygen atoms in total. The Balaban J connectivity index is 1.78. The van der Waals surface area contributed by atoms with E-state index in [2.05, 4.69) is 5.10 Å². The number of carbonyl (C=O) groups excluding carboxylic acids is 1. The Kier molecular flexibility index (Phi) is 3.64. The van der Waals surface area contributed by atoms with Crippen LogP contribution in [0.3, 0.4) is 0 Å². The minimum atomic E-state index is -0.467. The molecule has 0 unspecified atom stereocenters. The van der Waals surface area contributed by atoms with Gasteiger partial charge in [-0.3, -0.25) is 0 Å². The zero-order valence-electron chi connectivity index (χ0n) is 13.2. The summed E-state index contributed by atoms with van der Waals surface area (Å²) < 4.78 is 7.40. The highest BCUT2D eigenvalue weighted by atomic mass is 16.6. The molecular weight excluding hydrogens is 278 g/mol. The first-order valence-corrected chi connectivity index (χ1v) is 7.53. The molecule has 2 aromatic rings. The lowest BCUT2D eigenvalue weighted by Crippen LogP contribution is -2.40. The molecule has 0 aliphatic carbocycles. The molecule has 0 atom stereocenters. The zero-order chi connectivity index (χ0) is 15.7. The smallest absolute Gasteiger partial charge is 0.410 e. The fraction of sp³-hybridized carbons (Fsp3) is 0.412. The van der Waals surface area contributed by atoms with Gasteiger partial charge in [0.25, 0.3) is 0 Å². The van der Waals surface area contributed by atoms with Gasteiger partial charge in [-0.2, -0.15) is 5.10 Å². The van der Waals surface area contributed by atoms with E-state index in [0.29, 0.717) is 13.1 Å². The third-order valence-electron chi connectivity index (χ3n) is 3.59. The standard InChI is InChI=1S/C17H21N3O2/c1-17(2,3)22-16(21)19-10-9-15-13(12-19)11-18-20(15)14-7-5-4-6-8-14/h4-8,11H,9-10,12H2,1-3H3. The SMILES string of the molecule is CC(C)(C)OC(=O)N1CCc2c(cnn2-c2ccccc2)C1. The Morgan fingerprint density at radius 3 is 2.64 bits per heavy atom. The lowest BCUT2D eigenvalue weighted by atomic mass is 10.1. The summed E-state index contributed by atoms with van der Waals surface area (Å²) >= 11 is 0. The Morgan fingerprint density at radius 1 is 1.23 bits per heavy atom. The Labute approximate surface area is 130 Å². The van der Waals surface area contributed by atoms with Crippen LogP contribution in [0.1, 0.15) is 32.0 Å². The van der Waals surface area contributed by atoms with Crippen molar-refractivity contribution < 1.29 is 9.53 Å². The molecule has 0 fully saturated rings. The molecule has 2 heterocycles. The van der Waals surface area contributed by atoms with Gasteiger partial charge in [-0.05, 0) is 32.9 Å². The van der Waals surface area contributed by atoms with Gasteiger partial charge in [-0.15, -0.1) is 0 Å². The second-order valence-corrected chi connectivity index (χ2v) is 6.52. The maximum Gasteiger partial charge on any atom is 0.410 e. The molecule has 116 valence electrons. The number of fused-ring (bicyclic) bond motifs is 1. The van der Waals surface area contributed by atoms with Crippen molar-refractivity contribution in [3.63, 3.8) is 0 Å². The lowest BCUT2D eigenvalue weighted by molar-refractivity contribution is 0.0223. The molecule has 0 saturated heterocycles. The van der Waals surface area contributed by atoms with Gasteiger partial charge in [0.15, 0.2) is 0 Å². The number of carbonyl (C=O) groups is 1. The highest BCUT2D eigenvalue weighted by molar-refractivity contribution is 5.68. The fourth-order valence-corrected chi connectivity index (χ4v) is 2.61. The van der Waals surface area contributed by atoms with Gasteiger partial charge in [0.1, 0.15) is 5.60 Å². The monoisotopic (exact) mass is 299 g/mol. The quantitative estimate of drug-likeness (QED) is 0.812. The van der Waals surface area contributed by atoms with E-state index in [4.69, 9.17) is 4.74 Å². The number of hydrogen-bond acceptors (Lipinski definition) is 3. The molecule has 1 aromatic heterocycles. The van der Waals surface area contributed by atoms with Crippen molar-refractivity contribution >= 4 is 6.09 Å². The second-order valence-electron chi connectivity index (χ2n) is 6.52. The Bertz CT molecular complexity index is 671. The van der Waals surface area contributed by atoms with Crippen LogP contribution in [0.4, 0.5) is 4.79 Å². The van der Waals surface area contributed by atoms with Crippen LogP contribution in [0.25, 0.3) is 5.69 Å². The summed E-state index contributed by atoms with van der Waals surface area (Å²) in [4.78, 5) is 13.9. The topological polar surface area (TPSA) is 47.4 Å². The van der Waals surface area contributed by atoms with Crippen molar-refractivity contribution in [1.29, 1.82) is 0 Å². The molecule has 0 N–H and O–H groups in total. The van der Waals surface area contributed by atoms with E-state index in [1.54, 1.807) is 4.90 Å². The van der Waals surface area contributed by atoms with E-state index in [1.807, 2.05) is 62.0 Å². The van der Waals surface area contributed by atoms with E-state index >= 15 is 0 Å². The molecular formula is C17H21N3O2. The number of nitrogens with zero attached hydrogens (tertiary/aromatic N) is 3. The van der Waals surface area contributed by atoms with Gasteiger partial charge < -0.3 is 9.64 Å². The summed E-state index contributed by atoms with van der Waals surface area (Å²) in [6.07, 6.45) is 2.37. The Hall–Kier alpha value is -2.30. The van der Waals surface area contributed by atoms with Crippen molar-refractivity contribution in [1.82, 2.24) is 14.7 Å². The minimum Gasteiger partial charge on any atom is -0.444 e. The van der Waals surface area contributed by atoms with Gasteiger partial charge in [-0.1, -0.05) is 18.2 Å². The normalized spacial score (nSPS) is 14.6. The third kappa shape index (κ3) is 2.98. The van der Waals surface area contributed by atoms with Gasteiger partial charge >= 0.3 is 6.09 Å². The van der Waals surface area contributed by atoms with Crippen LogP contribution in [0.15, 0.2) is 36.5 Å². The maximum absolute atomic E-state index is 12.2. The number of amides is 1. The molecule has 0 saturated carbocycles. The molecule has 1 aromatic carbocycles. The third-order valence-corrected chi connectivity index (χ3v) is 3.59. The first-order chi connectivity index (χ1) is 10.4. The van der Waals surface area contributed by atoms with E-state index in [9.17, 15) is 4.79 Å². The minimum absolute atomic E-state index is 0.259. The summed E-state index contributed by atoms with van der Waals surface area (Å²) in [5.41, 5.74) is 2.84. The predicted molar refractivity (Wildman–Crippen MR) is 83.9 cm³/mol. The van der Waals surface area contributed by atoms with Crippen molar-refractivity contribution in [3.05, 3.63) is 47.8 Å². The zero-order valence-corrected chi connectivity index (χ0v) is 13.2. The van der Waals surface area contributed by atoms with Crippen molar-refractivity contribution in [2.75, 3.05) is 6.54 Å². The number of benzene rings is 1. The predicted octanol–water partition coefficient (Wildman–Crippen LogP) is 3.17. The number of rotatable bonds is 1. The molecule has 22 heavy (non-hydrogen) atoms. The van der Waals surface area contributed by atoms with Crippen LogP contribution in [0, 0.1) is 0 Å². The van der Waals surface area contributed by atoms with E-state index in [1.165, 1.54) is 5.69 Å². The van der Waals surface area contributed by atoms with Crippen LogP contribution < -0.4 is 0 Å². The van der Waals surface area contributed by atoms with Gasteiger partial charge in [0.2, 0.25) is 0 Å². The highest BCUT2D eigenvalue weighted by Crippen LogP contribution is 2.23. The summed E-state index contributed by atoms with van der Waals surface area (Å²) in [5.74, 6) is 0. The van der Waals surface area contributed by atoms with Crippen LogP contribution in [-0.2, 0) is 17.7 Å². The summed E-state index contributed by atoms with van der Waals surface area (Å²) in [6, 6.07) is 10.1. The Morgan fingerprint density at radius 2 is 1.95 bits per heavy atom. The average molecular weight is 299 g/mol. The van der Waals surface area contributed by atoms with Crippen LogP contribution >= 0.6 is 0 Å². The highest BCUT2D eigenvalue weighted by Gasteiger charge is 2.27. The van der Waals surface area contributed by atoms with E-state index in [0.717, 1.165) is 17.7 Å². The van der Waals surface area contributed by atoms with Crippen molar-refractivity contribution in [2.45, 2.75) is 39.3 Å². The molecule has 1 aliphatic heterocycles. The number of para-hydroxylation sites is 1. The van der Waals surface area contributed by atoms with Crippen LogP contribution in [-0.4, -0.2) is 32.9 Å². The van der Waals surface area contributed by atoms with Crippen molar-refractivity contribution in [3.8, 4) is 5.69 Å². The number of aromatic nitrogens is 2. The van der Waals surface area contributed by atoms with Gasteiger partial charge in [0, 0.05) is 18.5 Å². The van der Waals surface area contributed by atoms with E-state index in [-0.39, 0.29) is 6.09 Å². The van der Waals surface area contributed by atoms with Crippen molar-refractivity contribution in [2.24, 2.45) is 0 Å². The first kappa shape index (κ1) is 14.6. The summed E-state index contributed by atoms with van der Waals surface area (Å²) in [5, 5.41) is 4.47. The number of ether oxygens (including phenoxy) is 1. The number of hydrogen-bond donors (Lipinski definition) is 0. The molecule has 5 heteroatoms. The molecule has 1 amide bonds. The summed E-state index contributed by atoms with van der Waals surface area (Å²) in [7, 11) is 0.